The van der Waals surface area contributed by atoms with Crippen LogP contribution in [-0.2, 0) is 0 Å². The number of ether oxygens (including phenoxy) is 1. The zero-order valence-corrected chi connectivity index (χ0v) is 13.8. The smallest absolute Gasteiger partial charge is 0.139 e. The predicted octanol–water partition coefficient (Wildman–Crippen LogP) is 3.47. The lowest BCUT2D eigenvalue weighted by atomic mass is 9.70. The van der Waals surface area contributed by atoms with Crippen molar-refractivity contribution in [2.45, 2.75) is 58.5 Å². The van der Waals surface area contributed by atoms with Crippen LogP contribution in [0.4, 0.5) is 0 Å². The predicted molar refractivity (Wildman–Crippen MR) is 87.1 cm³/mol. The van der Waals surface area contributed by atoms with Crippen LogP contribution in [0.5, 0.6) is 5.75 Å². The first kappa shape index (κ1) is 16.6. The molecule has 3 rings (SSSR count). The normalized spacial score (nSPS) is 23.4. The van der Waals surface area contributed by atoms with Gasteiger partial charge in [-0.25, -0.2) is 15.0 Å². The van der Waals surface area contributed by atoms with Crippen molar-refractivity contribution >= 4 is 11.0 Å². The van der Waals surface area contributed by atoms with Gasteiger partial charge in [0.1, 0.15) is 17.6 Å². The van der Waals surface area contributed by atoms with Gasteiger partial charge in [0.15, 0.2) is 0 Å². The van der Waals surface area contributed by atoms with E-state index in [0.717, 1.165) is 41.7 Å². The highest BCUT2D eigenvalue weighted by Gasteiger charge is 2.40. The van der Waals surface area contributed by atoms with Gasteiger partial charge in [-0.05, 0) is 26.2 Å². The Bertz CT molecular complexity index is 620. The molecule has 22 heavy (non-hydrogen) atoms. The molecule has 1 aliphatic rings. The molecule has 120 valence electrons. The molecule has 0 aliphatic heterocycles. The molecule has 0 aromatic carbocycles. The highest BCUT2D eigenvalue weighted by atomic mass is 16.5. The maximum atomic E-state index is 9.87. The van der Waals surface area contributed by atoms with Gasteiger partial charge in [-0.3, -0.25) is 0 Å². The monoisotopic (exact) mass is 303 g/mol. The summed E-state index contributed by atoms with van der Waals surface area (Å²) in [7, 11) is 0. The first-order valence-electron chi connectivity index (χ1n) is 8.05. The zero-order chi connectivity index (χ0) is 16.2. The summed E-state index contributed by atoms with van der Waals surface area (Å²) >= 11 is 0. The molecule has 2 aromatic rings. The lowest BCUT2D eigenvalue weighted by molar-refractivity contribution is -0.0320. The Morgan fingerprint density at radius 1 is 1.27 bits per heavy atom. The summed E-state index contributed by atoms with van der Waals surface area (Å²) in [5, 5.41) is 9.87. The van der Waals surface area contributed by atoms with Crippen molar-refractivity contribution in [2.75, 3.05) is 6.61 Å². The number of aromatic nitrogens is 3. The summed E-state index contributed by atoms with van der Waals surface area (Å²) in [5.74, 6) is 1.01. The van der Waals surface area contributed by atoms with E-state index in [4.69, 9.17) is 4.74 Å². The van der Waals surface area contributed by atoms with Gasteiger partial charge in [-0.2, -0.15) is 0 Å². The zero-order valence-electron chi connectivity index (χ0n) is 13.8. The average molecular weight is 303 g/mol. The number of hydrogen-bond acceptors (Lipinski definition) is 5. The molecule has 0 spiro atoms. The Morgan fingerprint density at radius 3 is 2.64 bits per heavy atom. The van der Waals surface area contributed by atoms with Crippen molar-refractivity contribution in [3.05, 3.63) is 24.3 Å². The van der Waals surface area contributed by atoms with Crippen molar-refractivity contribution in [1.29, 1.82) is 0 Å². The number of aliphatic hydroxyl groups is 1. The lowest BCUT2D eigenvalue weighted by Gasteiger charge is -2.40. The van der Waals surface area contributed by atoms with Crippen LogP contribution in [-0.4, -0.2) is 32.3 Å². The van der Waals surface area contributed by atoms with Gasteiger partial charge in [-0.15, -0.1) is 0 Å². The fourth-order valence-electron chi connectivity index (χ4n) is 2.74. The van der Waals surface area contributed by atoms with Gasteiger partial charge in [0, 0.05) is 12.0 Å². The fraction of sp³-hybridized carbons (Fsp3) is 0.588. The SMILES string of the molecule is CC.CCCOc1cnc2c(C3CC(C)(O)C3)ncnc2c1. The van der Waals surface area contributed by atoms with E-state index in [1.54, 1.807) is 12.5 Å². The molecule has 0 amide bonds. The van der Waals surface area contributed by atoms with E-state index in [0.29, 0.717) is 6.61 Å². The Balaban J connectivity index is 0.000000847. The third-order valence-corrected chi connectivity index (χ3v) is 3.71. The van der Waals surface area contributed by atoms with Gasteiger partial charge in [0.05, 0.1) is 29.6 Å². The number of nitrogens with zero attached hydrogens (tertiary/aromatic N) is 3. The van der Waals surface area contributed by atoms with Crippen LogP contribution in [0.15, 0.2) is 18.6 Å². The fourth-order valence-corrected chi connectivity index (χ4v) is 2.74. The molecule has 2 aromatic heterocycles. The maximum Gasteiger partial charge on any atom is 0.139 e. The third kappa shape index (κ3) is 3.53. The lowest BCUT2D eigenvalue weighted by Crippen LogP contribution is -2.39. The standard InChI is InChI=1S/C15H19N3O2.C2H6/c1-3-4-20-11-5-12-14(16-8-11)13(18-9-17-12)10-6-15(2,19)7-10;1-2/h5,8-10,19H,3-4,6-7H2,1-2H3;1-2H3. The van der Waals surface area contributed by atoms with Crippen LogP contribution in [0.25, 0.3) is 11.0 Å². The van der Waals surface area contributed by atoms with E-state index >= 15 is 0 Å². The van der Waals surface area contributed by atoms with Crippen molar-refractivity contribution < 1.29 is 9.84 Å². The highest BCUT2D eigenvalue weighted by molar-refractivity contribution is 5.78. The molecule has 1 aliphatic carbocycles. The van der Waals surface area contributed by atoms with Crippen molar-refractivity contribution in [3.63, 3.8) is 0 Å². The van der Waals surface area contributed by atoms with Crippen LogP contribution >= 0.6 is 0 Å². The van der Waals surface area contributed by atoms with Gasteiger partial charge >= 0.3 is 0 Å². The van der Waals surface area contributed by atoms with Crippen molar-refractivity contribution in [3.8, 4) is 5.75 Å². The summed E-state index contributed by atoms with van der Waals surface area (Å²) in [6.07, 6.45) is 5.71. The highest BCUT2D eigenvalue weighted by Crippen LogP contribution is 2.44. The number of hydrogen-bond donors (Lipinski definition) is 1. The largest absolute Gasteiger partial charge is 0.492 e. The van der Waals surface area contributed by atoms with Crippen LogP contribution in [0.1, 0.15) is 58.6 Å². The molecule has 1 saturated carbocycles. The average Bonchev–Trinajstić information content (AvgIpc) is 2.51. The molecule has 0 saturated heterocycles. The molecule has 0 atom stereocenters. The van der Waals surface area contributed by atoms with Crippen molar-refractivity contribution in [1.82, 2.24) is 15.0 Å². The van der Waals surface area contributed by atoms with E-state index in [1.165, 1.54) is 0 Å². The quantitative estimate of drug-likeness (QED) is 0.936. The molecule has 2 heterocycles. The van der Waals surface area contributed by atoms with Crippen molar-refractivity contribution in [2.24, 2.45) is 0 Å². The molecule has 0 radical (unpaired) electrons. The first-order chi connectivity index (χ1) is 10.6. The van der Waals surface area contributed by atoms with Crippen LogP contribution in [0.2, 0.25) is 0 Å². The Morgan fingerprint density at radius 2 is 2.00 bits per heavy atom. The second kappa shape index (κ2) is 7.01. The number of pyridine rings is 1. The first-order valence-corrected chi connectivity index (χ1v) is 8.05. The molecule has 1 N–H and O–H groups in total. The minimum atomic E-state index is -0.563. The molecule has 1 fully saturated rings. The number of fused-ring (bicyclic) bond motifs is 1. The van der Waals surface area contributed by atoms with E-state index in [1.807, 2.05) is 26.8 Å². The van der Waals surface area contributed by atoms with Crippen LogP contribution < -0.4 is 4.74 Å². The van der Waals surface area contributed by atoms with E-state index in [-0.39, 0.29) is 5.92 Å². The molecule has 0 unspecified atom stereocenters. The molecule has 0 bridgehead atoms. The second-order valence-corrected chi connectivity index (χ2v) is 5.75. The van der Waals surface area contributed by atoms with Gasteiger partial charge in [-0.1, -0.05) is 20.8 Å². The van der Waals surface area contributed by atoms with E-state index in [2.05, 4.69) is 21.9 Å². The topological polar surface area (TPSA) is 68.1 Å². The summed E-state index contributed by atoms with van der Waals surface area (Å²) < 4.78 is 5.57. The maximum absolute atomic E-state index is 9.87. The van der Waals surface area contributed by atoms with Gasteiger partial charge in [0.25, 0.3) is 0 Å². The molecular formula is C17H25N3O2. The summed E-state index contributed by atoms with van der Waals surface area (Å²) in [6, 6.07) is 1.90. The van der Waals surface area contributed by atoms with Crippen LogP contribution in [0, 0.1) is 0 Å². The second-order valence-electron chi connectivity index (χ2n) is 5.75. The summed E-state index contributed by atoms with van der Waals surface area (Å²) in [5.41, 5.74) is 1.99. The number of rotatable bonds is 4. The van der Waals surface area contributed by atoms with Gasteiger partial charge in [0.2, 0.25) is 0 Å². The summed E-state index contributed by atoms with van der Waals surface area (Å²) in [4.78, 5) is 13.1. The molecule has 5 nitrogen and oxygen atoms in total. The van der Waals surface area contributed by atoms with E-state index in [9.17, 15) is 5.11 Å². The molecule has 5 heteroatoms. The Hall–Kier alpha value is -1.75. The minimum absolute atomic E-state index is 0.269. The van der Waals surface area contributed by atoms with Gasteiger partial charge < -0.3 is 9.84 Å². The third-order valence-electron chi connectivity index (χ3n) is 3.71. The van der Waals surface area contributed by atoms with Crippen LogP contribution in [0.3, 0.4) is 0 Å². The summed E-state index contributed by atoms with van der Waals surface area (Å²) in [6.45, 7) is 8.60. The molecular weight excluding hydrogens is 278 g/mol. The minimum Gasteiger partial charge on any atom is -0.492 e. The Labute approximate surface area is 131 Å². The Kier molecular flexibility index (Phi) is 5.29. The van der Waals surface area contributed by atoms with E-state index < -0.39 is 5.60 Å².